The number of thioether (sulfide) groups is 1. The number of aliphatic hydroxyl groups excluding tert-OH is 1. The van der Waals surface area contributed by atoms with E-state index in [0.29, 0.717) is 23.6 Å². The zero-order valence-electron chi connectivity index (χ0n) is 18.7. The summed E-state index contributed by atoms with van der Waals surface area (Å²) in [4.78, 5) is 43.4. The molecule has 1 spiro atoms. The third kappa shape index (κ3) is 3.41. The van der Waals surface area contributed by atoms with Gasteiger partial charge in [-0.05, 0) is 30.9 Å². The number of amides is 2. The molecule has 1 aromatic carbocycles. The van der Waals surface area contributed by atoms with Crippen molar-refractivity contribution in [3.05, 3.63) is 41.9 Å². The van der Waals surface area contributed by atoms with Crippen LogP contribution in [0, 0.1) is 17.8 Å². The van der Waals surface area contributed by atoms with Crippen molar-refractivity contribution in [2.75, 3.05) is 18.1 Å². The average Bonchev–Trinajstić information content (AvgIpc) is 3.37. The second kappa shape index (κ2) is 8.96. The number of likely N-dealkylation sites (tertiary alicyclic amines) is 1. The highest BCUT2D eigenvalue weighted by Crippen LogP contribution is 2.69. The maximum atomic E-state index is 14.3. The minimum Gasteiger partial charge on any atom is -0.481 e. The molecule has 0 radical (unpaired) electrons. The van der Waals surface area contributed by atoms with Gasteiger partial charge in [0.1, 0.15) is 6.04 Å². The maximum absolute atomic E-state index is 14.3. The first-order valence-corrected chi connectivity index (χ1v) is 12.5. The van der Waals surface area contributed by atoms with Crippen LogP contribution in [0.1, 0.15) is 26.7 Å². The van der Waals surface area contributed by atoms with Gasteiger partial charge >= 0.3 is 5.97 Å². The van der Waals surface area contributed by atoms with E-state index >= 15 is 0 Å². The zero-order chi connectivity index (χ0) is 24.1. The fourth-order valence-electron chi connectivity index (χ4n) is 6.08. The lowest BCUT2D eigenvalue weighted by molar-refractivity contribution is -0.149. The van der Waals surface area contributed by atoms with Gasteiger partial charge in [0.15, 0.2) is 0 Å². The van der Waals surface area contributed by atoms with Crippen molar-refractivity contribution in [3.63, 3.8) is 0 Å². The van der Waals surface area contributed by atoms with Gasteiger partial charge in [0.25, 0.3) is 5.91 Å². The summed E-state index contributed by atoms with van der Waals surface area (Å²) in [7, 11) is 0. The quantitative estimate of drug-likeness (QED) is 0.541. The summed E-state index contributed by atoms with van der Waals surface area (Å²) in [6.45, 7) is 7.52. The Bertz CT molecular complexity index is 985. The van der Waals surface area contributed by atoms with E-state index in [1.807, 2.05) is 13.8 Å². The minimum absolute atomic E-state index is 0.0379. The number of benzene rings is 1. The molecule has 3 heterocycles. The molecular weight excluding hydrogens is 464 g/mol. The molecule has 0 aromatic heterocycles. The summed E-state index contributed by atoms with van der Waals surface area (Å²) in [5.41, 5.74) is 0.508. The Morgan fingerprint density at radius 2 is 2.12 bits per heavy atom. The lowest BCUT2D eigenvalue weighted by atomic mass is 9.66. The van der Waals surface area contributed by atoms with Crippen molar-refractivity contribution >= 4 is 46.8 Å². The summed E-state index contributed by atoms with van der Waals surface area (Å²) < 4.78 is -0.870. The number of carboxylic acids is 1. The van der Waals surface area contributed by atoms with Crippen LogP contribution in [0.15, 0.2) is 36.9 Å². The summed E-state index contributed by atoms with van der Waals surface area (Å²) in [6.07, 6.45) is 2.68. The number of anilines is 1. The van der Waals surface area contributed by atoms with Crippen molar-refractivity contribution in [3.8, 4) is 0 Å². The number of para-hydroxylation sites is 1. The molecule has 4 rings (SSSR count). The molecule has 3 fully saturated rings. The largest absolute Gasteiger partial charge is 0.481 e. The third-order valence-corrected chi connectivity index (χ3v) is 9.89. The van der Waals surface area contributed by atoms with Crippen LogP contribution in [0.3, 0.4) is 0 Å². The molecule has 9 heteroatoms. The summed E-state index contributed by atoms with van der Waals surface area (Å²) in [5, 5.41) is 20.3. The van der Waals surface area contributed by atoms with E-state index in [0.717, 1.165) is 0 Å². The van der Waals surface area contributed by atoms with Crippen molar-refractivity contribution in [1.82, 2.24) is 4.90 Å². The molecule has 1 aromatic rings. The number of carbonyl (C=O) groups excluding carboxylic acids is 2. The molecule has 178 valence electrons. The number of carbonyl (C=O) groups is 3. The van der Waals surface area contributed by atoms with E-state index in [4.69, 9.17) is 11.6 Å². The van der Waals surface area contributed by atoms with Crippen LogP contribution < -0.4 is 4.90 Å². The normalized spacial score (nSPS) is 33.2. The molecule has 3 unspecified atom stereocenters. The topological polar surface area (TPSA) is 98.2 Å². The highest BCUT2D eigenvalue weighted by molar-refractivity contribution is 8.02. The summed E-state index contributed by atoms with van der Waals surface area (Å²) in [6, 6.07) is 5.51. The first-order valence-electron chi connectivity index (χ1n) is 11.2. The van der Waals surface area contributed by atoms with Gasteiger partial charge in [-0.25, -0.2) is 0 Å². The van der Waals surface area contributed by atoms with Crippen LogP contribution in [0.25, 0.3) is 0 Å². The fourth-order valence-corrected chi connectivity index (χ4v) is 8.72. The lowest BCUT2D eigenvalue weighted by Gasteiger charge is -2.42. The van der Waals surface area contributed by atoms with Crippen molar-refractivity contribution in [1.29, 1.82) is 0 Å². The van der Waals surface area contributed by atoms with Gasteiger partial charge in [-0.1, -0.05) is 43.7 Å². The molecular formula is C24H29ClN2O5S. The first-order chi connectivity index (χ1) is 15.7. The van der Waals surface area contributed by atoms with Gasteiger partial charge in [0.2, 0.25) is 5.91 Å². The number of nitrogens with zero attached hydrogens (tertiary/aromatic N) is 2. The molecule has 2 amide bonds. The molecule has 3 aliphatic rings. The summed E-state index contributed by atoms with van der Waals surface area (Å²) in [5.74, 6) is -3.36. The predicted octanol–water partition coefficient (Wildman–Crippen LogP) is 3.05. The minimum atomic E-state index is -1.00. The van der Waals surface area contributed by atoms with Gasteiger partial charge in [-0.15, -0.1) is 18.3 Å². The van der Waals surface area contributed by atoms with Crippen LogP contribution in [-0.4, -0.2) is 68.1 Å². The van der Waals surface area contributed by atoms with Gasteiger partial charge in [0.05, 0.1) is 39.9 Å². The zero-order valence-corrected chi connectivity index (χ0v) is 20.3. The SMILES string of the molecule is C=CCN(C(=O)C1N([C@@H](CC)CO)C(=O)[C@@H]2[C@H](C(=O)O)[C@@H]3CC(C)C12S3)c1ccccc1Cl. The maximum Gasteiger partial charge on any atom is 0.308 e. The Morgan fingerprint density at radius 3 is 2.70 bits per heavy atom. The Labute approximate surface area is 202 Å². The third-order valence-electron chi connectivity index (χ3n) is 7.50. The van der Waals surface area contributed by atoms with Gasteiger partial charge in [0, 0.05) is 11.8 Å². The van der Waals surface area contributed by atoms with E-state index < -0.39 is 34.6 Å². The van der Waals surface area contributed by atoms with Crippen LogP contribution in [0.2, 0.25) is 5.02 Å². The molecule has 0 aliphatic carbocycles. The number of rotatable bonds is 8. The smallest absolute Gasteiger partial charge is 0.308 e. The Hall–Kier alpha value is -2.03. The van der Waals surface area contributed by atoms with Gasteiger partial charge in [-0.3, -0.25) is 14.4 Å². The molecule has 33 heavy (non-hydrogen) atoms. The standard InChI is InChI=1S/C24H29ClN2O5S/c1-4-10-26(16-9-7-6-8-15(16)25)22(30)20-24-13(3)11-17(33-24)18(23(31)32)19(24)21(29)27(20)14(5-2)12-28/h4,6-9,13-14,17-20,28H,1,5,10-12H2,2-3H3,(H,31,32)/t13?,14-,17-,18+,19-,20?,24?/m0/s1. The number of hydrogen-bond donors (Lipinski definition) is 2. The first kappa shape index (κ1) is 24.1. The van der Waals surface area contributed by atoms with Crippen LogP contribution >= 0.6 is 23.4 Å². The van der Waals surface area contributed by atoms with E-state index in [9.17, 15) is 24.6 Å². The Kier molecular flexibility index (Phi) is 6.55. The van der Waals surface area contributed by atoms with Crippen LogP contribution in [0.4, 0.5) is 5.69 Å². The van der Waals surface area contributed by atoms with Gasteiger partial charge in [-0.2, -0.15) is 0 Å². The second-order valence-corrected chi connectivity index (χ2v) is 11.0. The average molecular weight is 493 g/mol. The van der Waals surface area contributed by atoms with Crippen molar-refractivity contribution in [2.24, 2.45) is 17.8 Å². The Balaban J connectivity index is 1.88. The number of carboxylic acid groups (broad SMARTS) is 1. The number of fused-ring (bicyclic) bond motifs is 1. The molecule has 3 aliphatic heterocycles. The predicted molar refractivity (Wildman–Crippen MR) is 128 cm³/mol. The van der Waals surface area contributed by atoms with Crippen molar-refractivity contribution in [2.45, 2.75) is 48.8 Å². The number of aliphatic carboxylic acids is 1. The van der Waals surface area contributed by atoms with Crippen molar-refractivity contribution < 1.29 is 24.6 Å². The van der Waals surface area contributed by atoms with Crippen LogP contribution in [-0.2, 0) is 14.4 Å². The van der Waals surface area contributed by atoms with E-state index in [-0.39, 0.29) is 36.1 Å². The fraction of sp³-hybridized carbons (Fsp3) is 0.542. The van der Waals surface area contributed by atoms with E-state index in [1.54, 1.807) is 30.3 Å². The number of hydrogen-bond acceptors (Lipinski definition) is 5. The van der Waals surface area contributed by atoms with Gasteiger partial charge < -0.3 is 20.0 Å². The summed E-state index contributed by atoms with van der Waals surface area (Å²) >= 11 is 7.92. The molecule has 2 bridgehead atoms. The number of halogens is 1. The highest BCUT2D eigenvalue weighted by Gasteiger charge is 2.77. The lowest BCUT2D eigenvalue weighted by Crippen LogP contribution is -2.59. The molecule has 7 nitrogen and oxygen atoms in total. The molecule has 3 saturated heterocycles. The molecule has 2 N–H and O–H groups in total. The molecule has 0 saturated carbocycles. The van der Waals surface area contributed by atoms with E-state index in [2.05, 4.69) is 6.58 Å². The monoisotopic (exact) mass is 492 g/mol. The number of aliphatic hydroxyl groups is 1. The molecule has 7 atom stereocenters. The second-order valence-electron chi connectivity index (χ2n) is 9.07. The van der Waals surface area contributed by atoms with Crippen LogP contribution in [0.5, 0.6) is 0 Å². The Morgan fingerprint density at radius 1 is 1.42 bits per heavy atom. The van der Waals surface area contributed by atoms with E-state index in [1.165, 1.54) is 21.6 Å². The highest BCUT2D eigenvalue weighted by atomic mass is 35.5.